The molecule has 17 heavy (non-hydrogen) atoms. The number of nitrogens with one attached hydrogen (secondary N) is 1. The van der Waals surface area contributed by atoms with E-state index in [0.29, 0.717) is 6.04 Å². The zero-order chi connectivity index (χ0) is 12.8. The predicted octanol–water partition coefficient (Wildman–Crippen LogP) is 3.13. The Morgan fingerprint density at radius 2 is 1.94 bits per heavy atom. The van der Waals surface area contributed by atoms with Gasteiger partial charge in [0.2, 0.25) is 0 Å². The lowest BCUT2D eigenvalue weighted by molar-refractivity contribution is 0.0729. The van der Waals surface area contributed by atoms with Crippen molar-refractivity contribution in [3.8, 4) is 0 Å². The van der Waals surface area contributed by atoms with Gasteiger partial charge in [0, 0.05) is 18.6 Å². The molecule has 0 amide bonds. The fourth-order valence-electron chi connectivity index (χ4n) is 3.23. The Kier molecular flexibility index (Phi) is 6.50. The zero-order valence-corrected chi connectivity index (χ0v) is 12.5. The third-order valence-electron chi connectivity index (χ3n) is 4.69. The second-order valence-electron chi connectivity index (χ2n) is 5.90. The quantitative estimate of drug-likeness (QED) is 0.767. The number of nitrogens with zero attached hydrogens (tertiary/aromatic N) is 1. The summed E-state index contributed by atoms with van der Waals surface area (Å²) in [6.45, 7) is 12.0. The van der Waals surface area contributed by atoms with Crippen LogP contribution in [0.4, 0.5) is 0 Å². The molecule has 1 rings (SSSR count). The number of hydrogen-bond acceptors (Lipinski definition) is 2. The Morgan fingerprint density at radius 1 is 1.24 bits per heavy atom. The molecule has 1 aliphatic rings. The van der Waals surface area contributed by atoms with Gasteiger partial charge in [-0.05, 0) is 44.7 Å². The highest BCUT2D eigenvalue weighted by Crippen LogP contribution is 2.26. The molecule has 1 heterocycles. The maximum atomic E-state index is 3.54. The molecule has 4 atom stereocenters. The molecule has 102 valence electrons. The number of piperidine rings is 1. The van der Waals surface area contributed by atoms with Crippen LogP contribution in [0, 0.1) is 11.8 Å². The van der Waals surface area contributed by atoms with Gasteiger partial charge in [-0.1, -0.05) is 34.1 Å². The Bertz CT molecular complexity index is 205. The molecule has 0 aromatic rings. The summed E-state index contributed by atoms with van der Waals surface area (Å²) in [4.78, 5) is 2.74. The molecule has 2 nitrogen and oxygen atoms in total. The largest absolute Gasteiger partial charge is 0.315 e. The monoisotopic (exact) mass is 240 g/mol. The van der Waals surface area contributed by atoms with E-state index in [1.54, 1.807) is 0 Å². The fraction of sp³-hybridized carbons (Fsp3) is 1.00. The molecule has 0 aromatic heterocycles. The molecular weight excluding hydrogens is 208 g/mol. The van der Waals surface area contributed by atoms with Crippen molar-refractivity contribution in [3.05, 3.63) is 0 Å². The van der Waals surface area contributed by atoms with Gasteiger partial charge in [0.1, 0.15) is 0 Å². The Hall–Kier alpha value is -0.0800. The van der Waals surface area contributed by atoms with E-state index in [4.69, 9.17) is 0 Å². The average molecular weight is 240 g/mol. The van der Waals surface area contributed by atoms with E-state index in [1.165, 1.54) is 38.8 Å². The number of likely N-dealkylation sites (tertiary alicyclic amines) is 1. The highest BCUT2D eigenvalue weighted by molar-refractivity contribution is 4.86. The van der Waals surface area contributed by atoms with Crippen LogP contribution in [0.15, 0.2) is 0 Å². The van der Waals surface area contributed by atoms with E-state index >= 15 is 0 Å². The van der Waals surface area contributed by atoms with E-state index in [2.05, 4.69) is 45.0 Å². The summed E-state index contributed by atoms with van der Waals surface area (Å²) in [5.41, 5.74) is 0. The Balaban J connectivity index is 2.60. The van der Waals surface area contributed by atoms with Crippen molar-refractivity contribution in [2.75, 3.05) is 20.1 Å². The van der Waals surface area contributed by atoms with Crippen molar-refractivity contribution in [2.45, 2.75) is 65.5 Å². The summed E-state index contributed by atoms with van der Waals surface area (Å²) in [6, 6.07) is 1.40. The van der Waals surface area contributed by atoms with Gasteiger partial charge in [-0.2, -0.15) is 0 Å². The summed E-state index contributed by atoms with van der Waals surface area (Å²) in [6.07, 6.45) is 5.23. The van der Waals surface area contributed by atoms with Crippen molar-refractivity contribution in [3.63, 3.8) is 0 Å². The van der Waals surface area contributed by atoms with Gasteiger partial charge in [0.25, 0.3) is 0 Å². The van der Waals surface area contributed by atoms with Crippen LogP contribution in [-0.4, -0.2) is 37.1 Å². The van der Waals surface area contributed by atoms with Gasteiger partial charge in [-0.15, -0.1) is 0 Å². The lowest BCUT2D eigenvalue weighted by Crippen LogP contribution is -2.53. The molecule has 0 aliphatic carbocycles. The van der Waals surface area contributed by atoms with Gasteiger partial charge in [0.05, 0.1) is 0 Å². The number of likely N-dealkylation sites (N-methyl/N-ethyl adjacent to an activating group) is 1. The molecule has 1 fully saturated rings. The van der Waals surface area contributed by atoms with E-state index in [9.17, 15) is 0 Å². The van der Waals surface area contributed by atoms with Gasteiger partial charge in [-0.25, -0.2) is 0 Å². The topological polar surface area (TPSA) is 15.3 Å². The number of rotatable bonds is 6. The molecule has 1 aliphatic heterocycles. The third-order valence-corrected chi connectivity index (χ3v) is 4.69. The van der Waals surface area contributed by atoms with Crippen molar-refractivity contribution >= 4 is 0 Å². The summed E-state index contributed by atoms with van der Waals surface area (Å²) < 4.78 is 0. The van der Waals surface area contributed by atoms with Crippen molar-refractivity contribution in [2.24, 2.45) is 11.8 Å². The van der Waals surface area contributed by atoms with Crippen molar-refractivity contribution in [1.29, 1.82) is 0 Å². The predicted molar refractivity (Wildman–Crippen MR) is 76.4 cm³/mol. The molecule has 2 heteroatoms. The van der Waals surface area contributed by atoms with Crippen molar-refractivity contribution in [1.82, 2.24) is 10.2 Å². The van der Waals surface area contributed by atoms with Crippen LogP contribution in [0.5, 0.6) is 0 Å². The SMILES string of the molecule is CCCC(NC)C(CC)N1CCC(C)C(C)C1. The molecule has 4 unspecified atom stereocenters. The first-order valence-electron chi connectivity index (χ1n) is 7.55. The lowest BCUT2D eigenvalue weighted by Gasteiger charge is -2.43. The van der Waals surface area contributed by atoms with Crippen LogP contribution in [-0.2, 0) is 0 Å². The van der Waals surface area contributed by atoms with Crippen LogP contribution in [0.25, 0.3) is 0 Å². The fourth-order valence-corrected chi connectivity index (χ4v) is 3.23. The minimum atomic E-state index is 0.672. The minimum absolute atomic E-state index is 0.672. The van der Waals surface area contributed by atoms with Crippen LogP contribution in [0.2, 0.25) is 0 Å². The summed E-state index contributed by atoms with van der Waals surface area (Å²) in [5, 5.41) is 3.54. The highest BCUT2D eigenvalue weighted by Gasteiger charge is 2.30. The highest BCUT2D eigenvalue weighted by atomic mass is 15.2. The molecule has 0 spiro atoms. The van der Waals surface area contributed by atoms with Gasteiger partial charge < -0.3 is 5.32 Å². The first kappa shape index (κ1) is 15.0. The first-order chi connectivity index (χ1) is 8.13. The summed E-state index contributed by atoms with van der Waals surface area (Å²) in [5.74, 6) is 1.76. The lowest BCUT2D eigenvalue weighted by atomic mass is 9.86. The van der Waals surface area contributed by atoms with Crippen LogP contribution >= 0.6 is 0 Å². The molecule has 1 saturated heterocycles. The molecule has 0 radical (unpaired) electrons. The molecule has 1 N–H and O–H groups in total. The van der Waals surface area contributed by atoms with Crippen molar-refractivity contribution < 1.29 is 0 Å². The van der Waals surface area contributed by atoms with Crippen LogP contribution in [0.1, 0.15) is 53.4 Å². The first-order valence-corrected chi connectivity index (χ1v) is 7.55. The van der Waals surface area contributed by atoms with E-state index in [-0.39, 0.29) is 0 Å². The zero-order valence-electron chi connectivity index (χ0n) is 12.5. The average Bonchev–Trinajstić information content (AvgIpc) is 2.33. The maximum Gasteiger partial charge on any atom is 0.0246 e. The molecular formula is C15H32N2. The number of hydrogen-bond donors (Lipinski definition) is 1. The second kappa shape index (κ2) is 7.38. The molecule has 0 bridgehead atoms. The Labute approximate surface area is 108 Å². The van der Waals surface area contributed by atoms with Gasteiger partial charge >= 0.3 is 0 Å². The van der Waals surface area contributed by atoms with Crippen LogP contribution < -0.4 is 5.32 Å². The maximum absolute atomic E-state index is 3.54. The van der Waals surface area contributed by atoms with E-state index < -0.39 is 0 Å². The minimum Gasteiger partial charge on any atom is -0.315 e. The molecule has 0 aromatic carbocycles. The smallest absolute Gasteiger partial charge is 0.0246 e. The normalized spacial score (nSPS) is 30.2. The van der Waals surface area contributed by atoms with Gasteiger partial charge in [0.15, 0.2) is 0 Å². The van der Waals surface area contributed by atoms with Gasteiger partial charge in [-0.3, -0.25) is 4.90 Å². The van der Waals surface area contributed by atoms with Crippen LogP contribution in [0.3, 0.4) is 0 Å². The summed E-state index contributed by atoms with van der Waals surface area (Å²) >= 11 is 0. The standard InChI is InChI=1S/C15H32N2/c1-6-8-14(16-5)15(7-2)17-10-9-12(3)13(4)11-17/h12-16H,6-11H2,1-5H3. The second-order valence-corrected chi connectivity index (χ2v) is 5.90. The Morgan fingerprint density at radius 3 is 2.41 bits per heavy atom. The summed E-state index contributed by atoms with van der Waals surface area (Å²) in [7, 11) is 2.12. The molecule has 0 saturated carbocycles. The van der Waals surface area contributed by atoms with E-state index in [0.717, 1.165) is 17.9 Å². The van der Waals surface area contributed by atoms with E-state index in [1.807, 2.05) is 0 Å². The third kappa shape index (κ3) is 3.96.